The van der Waals surface area contributed by atoms with E-state index in [9.17, 15) is 8.42 Å². The third-order valence-electron chi connectivity index (χ3n) is 3.16. The number of sulfonamides is 1. The van der Waals surface area contributed by atoms with Crippen molar-refractivity contribution in [1.29, 1.82) is 0 Å². The fourth-order valence-electron chi connectivity index (χ4n) is 2.14. The topological polar surface area (TPSA) is 37.4 Å². The van der Waals surface area contributed by atoms with Crippen LogP contribution in [0.15, 0.2) is 59.2 Å². The molecule has 1 atom stereocenters. The Morgan fingerprint density at radius 3 is 2.58 bits per heavy atom. The van der Waals surface area contributed by atoms with E-state index in [1.54, 1.807) is 18.2 Å². The van der Waals surface area contributed by atoms with E-state index in [0.717, 1.165) is 11.1 Å². The number of hydrogen-bond acceptors (Lipinski definition) is 2. The van der Waals surface area contributed by atoms with Gasteiger partial charge >= 0.3 is 0 Å². The summed E-state index contributed by atoms with van der Waals surface area (Å²) >= 11 is 0. The smallest absolute Gasteiger partial charge is 0.207 e. The summed E-state index contributed by atoms with van der Waals surface area (Å²) in [7, 11) is -3.44. The van der Waals surface area contributed by atoms with Crippen molar-refractivity contribution in [2.45, 2.75) is 24.8 Å². The van der Waals surface area contributed by atoms with Crippen LogP contribution in [0.1, 0.15) is 12.5 Å². The van der Waals surface area contributed by atoms with Gasteiger partial charge in [0.2, 0.25) is 10.0 Å². The molecular formula is C15H17NO2S. The van der Waals surface area contributed by atoms with Crippen molar-refractivity contribution < 1.29 is 8.42 Å². The van der Waals surface area contributed by atoms with Crippen LogP contribution in [-0.2, 0) is 10.0 Å². The highest BCUT2D eigenvalue weighted by atomic mass is 32.2. The van der Waals surface area contributed by atoms with Crippen molar-refractivity contribution in [3.8, 4) is 0 Å². The fraction of sp³-hybridized carbons (Fsp3) is 0.267. The van der Waals surface area contributed by atoms with Crippen molar-refractivity contribution in [2.24, 2.45) is 0 Å². The second kappa shape index (κ2) is 5.17. The van der Waals surface area contributed by atoms with Crippen LogP contribution in [0.25, 0.3) is 0 Å². The highest BCUT2D eigenvalue weighted by molar-refractivity contribution is 7.89. The minimum atomic E-state index is -3.44. The van der Waals surface area contributed by atoms with Gasteiger partial charge < -0.3 is 0 Å². The van der Waals surface area contributed by atoms with E-state index in [1.165, 1.54) is 4.31 Å². The van der Waals surface area contributed by atoms with E-state index >= 15 is 0 Å². The van der Waals surface area contributed by atoms with Crippen molar-refractivity contribution in [3.05, 3.63) is 59.9 Å². The van der Waals surface area contributed by atoms with Gasteiger partial charge in [0.1, 0.15) is 0 Å². The molecule has 0 saturated heterocycles. The number of benzene rings is 1. The average molecular weight is 275 g/mol. The molecule has 1 aromatic rings. The lowest BCUT2D eigenvalue weighted by Gasteiger charge is -2.21. The predicted octanol–water partition coefficient (Wildman–Crippen LogP) is 2.66. The minimum Gasteiger partial charge on any atom is -0.207 e. The molecule has 100 valence electrons. The van der Waals surface area contributed by atoms with Crippen LogP contribution in [-0.4, -0.2) is 25.3 Å². The van der Waals surface area contributed by atoms with Gasteiger partial charge in [-0.05, 0) is 37.6 Å². The Kier molecular flexibility index (Phi) is 3.76. The molecule has 0 aliphatic carbocycles. The molecule has 1 unspecified atom stereocenters. The Bertz CT molecular complexity index is 650. The molecule has 19 heavy (non-hydrogen) atoms. The molecular weight excluding hydrogens is 258 g/mol. The molecule has 0 amide bonds. The molecule has 1 aliphatic heterocycles. The molecule has 1 aromatic carbocycles. The summed E-state index contributed by atoms with van der Waals surface area (Å²) in [5, 5.41) is 0. The second-order valence-corrected chi connectivity index (χ2v) is 6.58. The summed E-state index contributed by atoms with van der Waals surface area (Å²) in [4.78, 5) is 0.335. The highest BCUT2D eigenvalue weighted by Gasteiger charge is 2.32. The lowest BCUT2D eigenvalue weighted by Crippen LogP contribution is -2.34. The standard InChI is InChI=1S/C15H17NO2S/c1-4-5-14-10-13(3)16(11-14)19(17,18)15-8-6-12(2)7-9-15/h5-10,13H,1,11H2,2-3H3. The third kappa shape index (κ3) is 2.71. The molecule has 0 aromatic heterocycles. The SMILES string of the molecule is C=C=CC1=CC(C)N(S(=O)(=O)c2ccc(C)cc2)C1. The van der Waals surface area contributed by atoms with E-state index in [0.29, 0.717) is 11.4 Å². The molecule has 0 fully saturated rings. The molecule has 0 spiro atoms. The normalized spacial score (nSPS) is 19.9. The molecule has 4 heteroatoms. The largest absolute Gasteiger partial charge is 0.243 e. The van der Waals surface area contributed by atoms with Crippen molar-refractivity contribution in [2.75, 3.05) is 6.54 Å². The number of hydrogen-bond donors (Lipinski definition) is 0. The maximum atomic E-state index is 12.5. The van der Waals surface area contributed by atoms with Crippen LogP contribution < -0.4 is 0 Å². The summed E-state index contributed by atoms with van der Waals surface area (Å²) in [5.74, 6) is 0. The number of rotatable bonds is 3. The highest BCUT2D eigenvalue weighted by Crippen LogP contribution is 2.25. The third-order valence-corrected chi connectivity index (χ3v) is 5.11. The summed E-state index contributed by atoms with van der Waals surface area (Å²) < 4.78 is 26.6. The van der Waals surface area contributed by atoms with Crippen LogP contribution in [0.4, 0.5) is 0 Å². The zero-order valence-corrected chi connectivity index (χ0v) is 11.9. The van der Waals surface area contributed by atoms with Gasteiger partial charge in [0.15, 0.2) is 0 Å². The van der Waals surface area contributed by atoms with Gasteiger partial charge in [-0.2, -0.15) is 4.31 Å². The van der Waals surface area contributed by atoms with Gasteiger partial charge in [-0.15, -0.1) is 5.73 Å². The van der Waals surface area contributed by atoms with Crippen LogP contribution in [0.2, 0.25) is 0 Å². The van der Waals surface area contributed by atoms with Gasteiger partial charge in [-0.25, -0.2) is 8.42 Å². The van der Waals surface area contributed by atoms with Crippen LogP contribution >= 0.6 is 0 Å². The van der Waals surface area contributed by atoms with Crippen molar-refractivity contribution >= 4 is 10.0 Å². The first kappa shape index (κ1) is 13.8. The van der Waals surface area contributed by atoms with Gasteiger partial charge in [-0.1, -0.05) is 30.4 Å². The molecule has 0 bridgehead atoms. The van der Waals surface area contributed by atoms with Gasteiger partial charge in [0.05, 0.1) is 4.90 Å². The number of nitrogens with zero attached hydrogens (tertiary/aromatic N) is 1. The monoisotopic (exact) mass is 275 g/mol. The van der Waals surface area contributed by atoms with E-state index in [4.69, 9.17) is 0 Å². The first-order chi connectivity index (χ1) is 8.95. The molecule has 0 radical (unpaired) electrons. The van der Waals surface area contributed by atoms with Crippen LogP contribution in [0.5, 0.6) is 0 Å². The Labute approximate surface area is 114 Å². The van der Waals surface area contributed by atoms with Crippen LogP contribution in [0.3, 0.4) is 0 Å². The molecule has 3 nitrogen and oxygen atoms in total. The van der Waals surface area contributed by atoms with Crippen LogP contribution in [0, 0.1) is 6.92 Å². The van der Waals surface area contributed by atoms with Crippen molar-refractivity contribution in [3.63, 3.8) is 0 Å². The van der Waals surface area contributed by atoms with E-state index in [-0.39, 0.29) is 6.04 Å². The second-order valence-electron chi connectivity index (χ2n) is 4.69. The van der Waals surface area contributed by atoms with E-state index in [1.807, 2.05) is 32.1 Å². The summed E-state index contributed by atoms with van der Waals surface area (Å²) in [6, 6.07) is 6.78. The van der Waals surface area contributed by atoms with Gasteiger partial charge in [0, 0.05) is 12.6 Å². The molecule has 0 saturated carbocycles. The van der Waals surface area contributed by atoms with Gasteiger partial charge in [-0.3, -0.25) is 0 Å². The maximum Gasteiger partial charge on any atom is 0.243 e. The zero-order valence-electron chi connectivity index (χ0n) is 11.1. The van der Waals surface area contributed by atoms with E-state index in [2.05, 4.69) is 12.3 Å². The first-order valence-electron chi connectivity index (χ1n) is 6.10. The average Bonchev–Trinajstić information content (AvgIpc) is 2.72. The quantitative estimate of drug-likeness (QED) is 0.795. The Morgan fingerprint density at radius 1 is 1.37 bits per heavy atom. The lowest BCUT2D eigenvalue weighted by atomic mass is 10.2. The van der Waals surface area contributed by atoms with E-state index < -0.39 is 10.0 Å². The molecule has 2 rings (SSSR count). The zero-order chi connectivity index (χ0) is 14.0. The van der Waals surface area contributed by atoms with Crippen molar-refractivity contribution in [1.82, 2.24) is 4.31 Å². The molecule has 0 N–H and O–H groups in total. The summed E-state index contributed by atoms with van der Waals surface area (Å²) in [5.41, 5.74) is 4.66. The number of aryl methyl sites for hydroxylation is 1. The Hall–Kier alpha value is -1.61. The lowest BCUT2D eigenvalue weighted by molar-refractivity contribution is 0.426. The minimum absolute atomic E-state index is 0.147. The first-order valence-corrected chi connectivity index (χ1v) is 7.54. The summed E-state index contributed by atoms with van der Waals surface area (Å²) in [6.07, 6.45) is 3.64. The molecule has 1 heterocycles. The maximum absolute atomic E-state index is 12.5. The molecule has 1 aliphatic rings. The Morgan fingerprint density at radius 2 is 2.00 bits per heavy atom. The summed E-state index contributed by atoms with van der Waals surface area (Å²) in [6.45, 7) is 7.69. The van der Waals surface area contributed by atoms with Gasteiger partial charge in [0.25, 0.3) is 0 Å². The Balaban J connectivity index is 2.32. The fourth-order valence-corrected chi connectivity index (χ4v) is 3.71. The predicted molar refractivity (Wildman–Crippen MR) is 76.3 cm³/mol.